The third-order valence-corrected chi connectivity index (χ3v) is 1.65. The maximum absolute atomic E-state index is 10.5. The molecule has 0 heterocycles. The van der Waals surface area contributed by atoms with Gasteiger partial charge in [-0.1, -0.05) is 29.8 Å². The second-order valence-corrected chi connectivity index (χ2v) is 3.34. The van der Waals surface area contributed by atoms with E-state index in [0.717, 1.165) is 0 Å². The van der Waals surface area contributed by atoms with Crippen molar-refractivity contribution in [1.82, 2.24) is 0 Å². The van der Waals surface area contributed by atoms with Crippen LogP contribution in [0.15, 0.2) is 30.3 Å². The van der Waals surface area contributed by atoms with E-state index in [4.69, 9.17) is 16.3 Å². The number of halogens is 1. The van der Waals surface area contributed by atoms with Gasteiger partial charge in [-0.15, -0.1) is 0 Å². The van der Waals surface area contributed by atoms with Crippen molar-refractivity contribution in [2.45, 2.75) is 12.0 Å². The number of aliphatic carboxylic acids is 1. The Labute approximate surface area is 130 Å². The first kappa shape index (κ1) is 14.4. The average molecular weight is 239 g/mol. The SMILES string of the molecule is CC(Cl)(Oc1ccccc1)C(=O)[O-].[K+]. The van der Waals surface area contributed by atoms with Gasteiger partial charge in [-0.05, 0) is 19.1 Å². The van der Waals surface area contributed by atoms with Crippen molar-refractivity contribution in [3.63, 3.8) is 0 Å². The van der Waals surface area contributed by atoms with E-state index in [0.29, 0.717) is 5.75 Å². The van der Waals surface area contributed by atoms with E-state index < -0.39 is 11.0 Å². The monoisotopic (exact) mass is 238 g/mol. The number of ether oxygens (including phenoxy) is 1. The molecule has 0 bridgehead atoms. The molecule has 1 atom stereocenters. The van der Waals surface area contributed by atoms with Crippen LogP contribution >= 0.6 is 11.6 Å². The zero-order chi connectivity index (χ0) is 9.90. The van der Waals surface area contributed by atoms with Crippen LogP contribution in [0.1, 0.15) is 6.92 Å². The molecule has 0 amide bonds. The maximum atomic E-state index is 10.5. The van der Waals surface area contributed by atoms with Gasteiger partial charge in [-0.25, -0.2) is 0 Å². The summed E-state index contributed by atoms with van der Waals surface area (Å²) in [6.45, 7) is 1.22. The molecule has 1 aromatic carbocycles. The number of hydrogen-bond donors (Lipinski definition) is 0. The van der Waals surface area contributed by atoms with E-state index in [1.165, 1.54) is 6.92 Å². The van der Waals surface area contributed by atoms with Gasteiger partial charge < -0.3 is 14.6 Å². The molecule has 0 aliphatic rings. The summed E-state index contributed by atoms with van der Waals surface area (Å²) in [7, 11) is 0. The number of carboxylic acids is 1. The molecule has 0 saturated carbocycles. The predicted octanol–water partition coefficient (Wildman–Crippen LogP) is -2.23. The van der Waals surface area contributed by atoms with Crippen LogP contribution in [-0.4, -0.2) is 11.0 Å². The first-order valence-electron chi connectivity index (χ1n) is 3.67. The molecular weight excluding hydrogens is 231 g/mol. The van der Waals surface area contributed by atoms with Gasteiger partial charge >= 0.3 is 51.4 Å². The van der Waals surface area contributed by atoms with Gasteiger partial charge in [-0.3, -0.25) is 0 Å². The topological polar surface area (TPSA) is 49.4 Å². The summed E-state index contributed by atoms with van der Waals surface area (Å²) in [6, 6.07) is 8.46. The van der Waals surface area contributed by atoms with Crippen molar-refractivity contribution in [2.24, 2.45) is 0 Å². The Morgan fingerprint density at radius 1 is 1.43 bits per heavy atom. The summed E-state index contributed by atoms with van der Waals surface area (Å²) in [4.78, 5) is 10.5. The number of carboxylic acid groups (broad SMARTS) is 1. The molecule has 5 heteroatoms. The zero-order valence-corrected chi connectivity index (χ0v) is 11.9. The maximum Gasteiger partial charge on any atom is 1.00 e. The van der Waals surface area contributed by atoms with Gasteiger partial charge in [0, 0.05) is 0 Å². The fourth-order valence-electron chi connectivity index (χ4n) is 0.752. The quantitative estimate of drug-likeness (QED) is 0.443. The second-order valence-electron chi connectivity index (χ2n) is 2.62. The minimum absolute atomic E-state index is 0. The van der Waals surface area contributed by atoms with Gasteiger partial charge in [0.15, 0.2) is 0 Å². The first-order chi connectivity index (χ1) is 6.02. The van der Waals surface area contributed by atoms with Gasteiger partial charge in [0.25, 0.3) is 0 Å². The summed E-state index contributed by atoms with van der Waals surface area (Å²) in [6.07, 6.45) is 0. The number of carbonyl (C=O) groups excluding carboxylic acids is 1. The Morgan fingerprint density at radius 2 is 1.93 bits per heavy atom. The third-order valence-electron chi connectivity index (χ3n) is 1.42. The number of alkyl halides is 1. The Bertz CT molecular complexity index is 300. The Kier molecular flexibility index (Phi) is 6.28. The van der Waals surface area contributed by atoms with E-state index >= 15 is 0 Å². The van der Waals surface area contributed by atoms with Crippen molar-refractivity contribution in [3.8, 4) is 5.75 Å². The molecule has 0 aliphatic heterocycles. The zero-order valence-electron chi connectivity index (χ0n) is 7.99. The molecule has 1 aromatic rings. The van der Waals surface area contributed by atoms with Gasteiger partial charge in [0.2, 0.25) is 5.06 Å². The van der Waals surface area contributed by atoms with Crippen molar-refractivity contribution < 1.29 is 66.0 Å². The van der Waals surface area contributed by atoms with E-state index in [1.54, 1.807) is 30.3 Å². The molecule has 0 saturated heterocycles. The minimum atomic E-state index is -1.82. The van der Waals surface area contributed by atoms with Crippen LogP contribution in [0.25, 0.3) is 0 Å². The number of hydrogen-bond acceptors (Lipinski definition) is 3. The van der Waals surface area contributed by atoms with Crippen LogP contribution in [0, 0.1) is 0 Å². The molecule has 0 radical (unpaired) electrons. The predicted molar refractivity (Wildman–Crippen MR) is 46.3 cm³/mol. The fraction of sp³-hybridized carbons (Fsp3) is 0.222. The van der Waals surface area contributed by atoms with Crippen LogP contribution in [0.4, 0.5) is 0 Å². The van der Waals surface area contributed by atoms with E-state index in [9.17, 15) is 9.90 Å². The number of benzene rings is 1. The van der Waals surface area contributed by atoms with Crippen LogP contribution in [0.2, 0.25) is 0 Å². The first-order valence-corrected chi connectivity index (χ1v) is 4.04. The Morgan fingerprint density at radius 3 is 2.36 bits per heavy atom. The van der Waals surface area contributed by atoms with Crippen molar-refractivity contribution in [2.75, 3.05) is 0 Å². The van der Waals surface area contributed by atoms with Crippen LogP contribution < -0.4 is 61.2 Å². The van der Waals surface area contributed by atoms with Crippen LogP contribution in [0.5, 0.6) is 5.75 Å². The second kappa shape index (κ2) is 6.10. The van der Waals surface area contributed by atoms with Gasteiger partial charge in [0.05, 0.1) is 0 Å². The van der Waals surface area contributed by atoms with Gasteiger partial charge in [0.1, 0.15) is 11.7 Å². The third kappa shape index (κ3) is 4.29. The summed E-state index contributed by atoms with van der Waals surface area (Å²) in [5.74, 6) is -1.07. The van der Waals surface area contributed by atoms with E-state index in [2.05, 4.69) is 0 Å². The summed E-state index contributed by atoms with van der Waals surface area (Å²) in [5, 5.41) is 8.64. The number of carbonyl (C=O) groups is 1. The fourth-order valence-corrected chi connectivity index (χ4v) is 0.841. The molecule has 3 nitrogen and oxygen atoms in total. The average Bonchev–Trinajstić information content (AvgIpc) is 2.05. The minimum Gasteiger partial charge on any atom is -0.544 e. The molecule has 1 rings (SSSR count). The normalized spacial score (nSPS) is 13.6. The molecule has 1 unspecified atom stereocenters. The molecule has 0 aromatic heterocycles. The summed E-state index contributed by atoms with van der Waals surface area (Å²) < 4.78 is 4.97. The molecule has 0 spiro atoms. The molecule has 70 valence electrons. The van der Waals surface area contributed by atoms with Crippen molar-refractivity contribution >= 4 is 17.6 Å². The van der Waals surface area contributed by atoms with E-state index in [-0.39, 0.29) is 51.4 Å². The standard InChI is InChI=1S/C9H9ClO3.K/c1-9(10,8(11)12)13-7-5-3-2-4-6-7;/h2-6H,1H3,(H,11,12);/q;+1/p-1. The number of para-hydroxylation sites is 1. The Balaban J connectivity index is 0.00000169. The smallest absolute Gasteiger partial charge is 0.544 e. The molecule has 0 aliphatic carbocycles. The molecular formula is C9H8ClKO3. The summed E-state index contributed by atoms with van der Waals surface area (Å²) in [5.41, 5.74) is 0. The van der Waals surface area contributed by atoms with Gasteiger partial charge in [-0.2, -0.15) is 0 Å². The van der Waals surface area contributed by atoms with Crippen molar-refractivity contribution in [3.05, 3.63) is 30.3 Å². The number of rotatable bonds is 3. The largest absolute Gasteiger partial charge is 1.00 e. The van der Waals surface area contributed by atoms with Crippen LogP contribution in [-0.2, 0) is 4.79 Å². The Hall–Kier alpha value is 0.416. The molecule has 0 fully saturated rings. The van der Waals surface area contributed by atoms with Crippen molar-refractivity contribution in [1.29, 1.82) is 0 Å². The van der Waals surface area contributed by atoms with Crippen LogP contribution in [0.3, 0.4) is 0 Å². The van der Waals surface area contributed by atoms with E-state index in [1.807, 2.05) is 0 Å². The molecule has 14 heavy (non-hydrogen) atoms. The molecule has 0 N–H and O–H groups in total. The summed E-state index contributed by atoms with van der Waals surface area (Å²) >= 11 is 5.52.